The maximum atomic E-state index is 12.7. The molecule has 0 aromatic carbocycles. The zero-order valence-corrected chi connectivity index (χ0v) is 36.8. The summed E-state index contributed by atoms with van der Waals surface area (Å²) in [6.07, 6.45) is 39.4. The van der Waals surface area contributed by atoms with Gasteiger partial charge in [-0.2, -0.15) is 0 Å². The summed E-state index contributed by atoms with van der Waals surface area (Å²) in [6, 6.07) is 0. The molecule has 320 valence electrons. The van der Waals surface area contributed by atoms with Crippen LogP contribution in [0.5, 0.6) is 0 Å². The van der Waals surface area contributed by atoms with Gasteiger partial charge in [0, 0.05) is 19.3 Å². The van der Waals surface area contributed by atoms with Gasteiger partial charge in [-0.05, 0) is 31.1 Å². The Balaban J connectivity index is 4.33. The number of esters is 3. The van der Waals surface area contributed by atoms with E-state index >= 15 is 0 Å². The molecule has 0 fully saturated rings. The highest BCUT2D eigenvalue weighted by Crippen LogP contribution is 2.17. The zero-order chi connectivity index (χ0) is 39.7. The third-order valence-electron chi connectivity index (χ3n) is 11.1. The molecular formula is C48H92O6. The molecule has 0 saturated heterocycles. The highest BCUT2D eigenvalue weighted by Gasteiger charge is 2.19. The molecule has 6 nitrogen and oxygen atoms in total. The van der Waals surface area contributed by atoms with Crippen molar-refractivity contribution in [1.82, 2.24) is 0 Å². The molecule has 0 aromatic rings. The van der Waals surface area contributed by atoms with Crippen LogP contribution in [0.25, 0.3) is 0 Å². The molecule has 6 heteroatoms. The van der Waals surface area contributed by atoms with Gasteiger partial charge in [0.05, 0.1) is 0 Å². The Hall–Kier alpha value is -1.59. The SMILES string of the molecule is CCCCCCCCCCCCCC(=O)OC[C@@H](COC(=O)CCCCCCCCCCCCC(C)CC)OC(=O)CCCCCCCCCCC(C)C. The summed E-state index contributed by atoms with van der Waals surface area (Å²) >= 11 is 0. The van der Waals surface area contributed by atoms with Crippen molar-refractivity contribution in [1.29, 1.82) is 0 Å². The monoisotopic (exact) mass is 765 g/mol. The summed E-state index contributed by atoms with van der Waals surface area (Å²) in [7, 11) is 0. The van der Waals surface area contributed by atoms with E-state index in [0.717, 1.165) is 69.6 Å². The van der Waals surface area contributed by atoms with Crippen LogP contribution < -0.4 is 0 Å². The molecule has 0 amide bonds. The maximum Gasteiger partial charge on any atom is 0.306 e. The summed E-state index contributed by atoms with van der Waals surface area (Å²) in [5.41, 5.74) is 0. The lowest BCUT2D eigenvalue weighted by atomic mass is 9.99. The van der Waals surface area contributed by atoms with Gasteiger partial charge in [-0.3, -0.25) is 14.4 Å². The third-order valence-corrected chi connectivity index (χ3v) is 11.1. The Morgan fingerprint density at radius 3 is 1.06 bits per heavy atom. The first-order valence-electron chi connectivity index (χ1n) is 23.8. The van der Waals surface area contributed by atoms with Gasteiger partial charge < -0.3 is 14.2 Å². The summed E-state index contributed by atoms with van der Waals surface area (Å²) < 4.78 is 16.7. The van der Waals surface area contributed by atoms with Crippen molar-refractivity contribution in [2.24, 2.45) is 11.8 Å². The highest BCUT2D eigenvalue weighted by molar-refractivity contribution is 5.71. The third kappa shape index (κ3) is 40.1. The number of carbonyl (C=O) groups excluding carboxylic acids is 3. The molecule has 1 unspecified atom stereocenters. The molecule has 0 radical (unpaired) electrons. The standard InChI is InChI=1S/C48H92O6/c1-6-8-9-10-11-12-13-17-23-28-33-38-46(49)52-41-45(54-48(51)40-35-30-25-20-19-21-26-31-36-43(3)4)42-53-47(50)39-34-29-24-18-15-14-16-22-27-32-37-44(5)7-2/h43-45H,6-42H2,1-5H3/t44?,45-/m0/s1. The van der Waals surface area contributed by atoms with E-state index in [-0.39, 0.29) is 31.1 Å². The molecule has 0 aliphatic rings. The van der Waals surface area contributed by atoms with E-state index in [4.69, 9.17) is 14.2 Å². The normalized spacial score (nSPS) is 12.6. The van der Waals surface area contributed by atoms with Crippen molar-refractivity contribution in [3.63, 3.8) is 0 Å². The van der Waals surface area contributed by atoms with Crippen molar-refractivity contribution < 1.29 is 28.6 Å². The number of unbranched alkanes of at least 4 members (excludes halogenated alkanes) is 26. The minimum atomic E-state index is -0.761. The van der Waals surface area contributed by atoms with Crippen LogP contribution in [0.3, 0.4) is 0 Å². The van der Waals surface area contributed by atoms with Gasteiger partial charge in [0.15, 0.2) is 6.10 Å². The predicted molar refractivity (Wildman–Crippen MR) is 229 cm³/mol. The lowest BCUT2D eigenvalue weighted by Gasteiger charge is -2.18. The van der Waals surface area contributed by atoms with Crippen molar-refractivity contribution in [3.8, 4) is 0 Å². The minimum absolute atomic E-state index is 0.0649. The maximum absolute atomic E-state index is 12.7. The largest absolute Gasteiger partial charge is 0.462 e. The first kappa shape index (κ1) is 52.4. The first-order chi connectivity index (χ1) is 26.3. The molecular weight excluding hydrogens is 673 g/mol. The summed E-state index contributed by atoms with van der Waals surface area (Å²) in [5, 5.41) is 0. The van der Waals surface area contributed by atoms with Crippen molar-refractivity contribution >= 4 is 17.9 Å². The van der Waals surface area contributed by atoms with Crippen LogP contribution in [-0.4, -0.2) is 37.2 Å². The average molecular weight is 765 g/mol. The molecule has 0 aliphatic heterocycles. The van der Waals surface area contributed by atoms with Crippen molar-refractivity contribution in [3.05, 3.63) is 0 Å². The molecule has 0 aromatic heterocycles. The number of hydrogen-bond donors (Lipinski definition) is 0. The minimum Gasteiger partial charge on any atom is -0.462 e. The van der Waals surface area contributed by atoms with Crippen molar-refractivity contribution in [2.75, 3.05) is 13.2 Å². The van der Waals surface area contributed by atoms with E-state index in [1.54, 1.807) is 0 Å². The molecule has 0 heterocycles. The molecule has 0 spiro atoms. The van der Waals surface area contributed by atoms with Gasteiger partial charge in [0.25, 0.3) is 0 Å². The molecule has 2 atom stereocenters. The second kappa shape index (κ2) is 41.1. The van der Waals surface area contributed by atoms with Crippen molar-refractivity contribution in [2.45, 2.75) is 265 Å². The molecule has 54 heavy (non-hydrogen) atoms. The van der Waals surface area contributed by atoms with E-state index < -0.39 is 6.10 Å². The Morgan fingerprint density at radius 1 is 0.389 bits per heavy atom. The second-order valence-corrected chi connectivity index (χ2v) is 17.1. The van der Waals surface area contributed by atoms with Gasteiger partial charge in [-0.25, -0.2) is 0 Å². The second-order valence-electron chi connectivity index (χ2n) is 17.1. The van der Waals surface area contributed by atoms with E-state index in [1.807, 2.05) is 0 Å². The van der Waals surface area contributed by atoms with Gasteiger partial charge in [-0.1, -0.05) is 221 Å². The number of hydrogen-bond acceptors (Lipinski definition) is 6. The summed E-state index contributed by atoms with van der Waals surface area (Å²) in [6.45, 7) is 11.3. The van der Waals surface area contributed by atoms with E-state index in [1.165, 1.54) is 148 Å². The van der Waals surface area contributed by atoms with Gasteiger partial charge >= 0.3 is 17.9 Å². The number of rotatable bonds is 42. The Bertz CT molecular complexity index is 826. The quantitative estimate of drug-likeness (QED) is 0.0350. The van der Waals surface area contributed by atoms with Crippen LogP contribution in [0.4, 0.5) is 0 Å². The van der Waals surface area contributed by atoms with Crippen LogP contribution >= 0.6 is 0 Å². The van der Waals surface area contributed by atoms with E-state index in [2.05, 4.69) is 34.6 Å². The lowest BCUT2D eigenvalue weighted by molar-refractivity contribution is -0.167. The first-order valence-corrected chi connectivity index (χ1v) is 23.8. The Morgan fingerprint density at radius 2 is 0.704 bits per heavy atom. The van der Waals surface area contributed by atoms with Crippen LogP contribution in [0.15, 0.2) is 0 Å². The van der Waals surface area contributed by atoms with Crippen LogP contribution in [0.2, 0.25) is 0 Å². The zero-order valence-electron chi connectivity index (χ0n) is 36.8. The number of ether oxygens (including phenoxy) is 3. The van der Waals surface area contributed by atoms with Gasteiger partial charge in [-0.15, -0.1) is 0 Å². The molecule has 0 aliphatic carbocycles. The van der Waals surface area contributed by atoms with Gasteiger partial charge in [0.1, 0.15) is 13.2 Å². The Labute approximate surface area is 336 Å². The molecule has 0 rings (SSSR count). The van der Waals surface area contributed by atoms with E-state index in [9.17, 15) is 14.4 Å². The van der Waals surface area contributed by atoms with E-state index in [0.29, 0.717) is 19.3 Å². The summed E-state index contributed by atoms with van der Waals surface area (Å²) in [4.78, 5) is 37.7. The molecule has 0 bridgehead atoms. The van der Waals surface area contributed by atoms with Crippen LogP contribution in [-0.2, 0) is 28.6 Å². The highest BCUT2D eigenvalue weighted by atomic mass is 16.6. The average Bonchev–Trinajstić information content (AvgIpc) is 3.15. The fourth-order valence-electron chi connectivity index (χ4n) is 7.07. The van der Waals surface area contributed by atoms with Crippen LogP contribution in [0, 0.1) is 11.8 Å². The smallest absolute Gasteiger partial charge is 0.306 e. The topological polar surface area (TPSA) is 78.9 Å². The fourth-order valence-corrected chi connectivity index (χ4v) is 7.07. The predicted octanol–water partition coefficient (Wildman–Crippen LogP) is 15.0. The lowest BCUT2D eigenvalue weighted by Crippen LogP contribution is -2.30. The van der Waals surface area contributed by atoms with Gasteiger partial charge in [0.2, 0.25) is 0 Å². The Kier molecular flexibility index (Phi) is 39.8. The van der Waals surface area contributed by atoms with Crippen LogP contribution in [0.1, 0.15) is 259 Å². The number of carbonyl (C=O) groups is 3. The molecule has 0 saturated carbocycles. The summed E-state index contributed by atoms with van der Waals surface area (Å²) in [5.74, 6) is 0.806. The fraction of sp³-hybridized carbons (Fsp3) is 0.938. The molecule has 0 N–H and O–H groups in total.